The molecular formula is C21H33N7O. The Morgan fingerprint density at radius 2 is 1.93 bits per heavy atom. The molecule has 0 heterocycles. The fraction of sp³-hybridized carbons (Fsp3) is 0.429. The van der Waals surface area contributed by atoms with Crippen molar-refractivity contribution in [2.45, 2.75) is 46.1 Å². The highest BCUT2D eigenvalue weighted by molar-refractivity contribution is 5.97. The van der Waals surface area contributed by atoms with E-state index in [0.29, 0.717) is 17.3 Å². The van der Waals surface area contributed by atoms with Crippen molar-refractivity contribution in [3.05, 3.63) is 58.8 Å². The van der Waals surface area contributed by atoms with Gasteiger partial charge in [0.05, 0.1) is 12.6 Å². The molecule has 1 aromatic rings. The minimum Gasteiger partial charge on any atom is -0.384 e. The second-order valence-corrected chi connectivity index (χ2v) is 6.97. The van der Waals surface area contributed by atoms with Crippen molar-refractivity contribution < 1.29 is 4.79 Å². The number of hydrazone groups is 1. The van der Waals surface area contributed by atoms with Crippen molar-refractivity contribution in [1.82, 2.24) is 16.2 Å². The molecule has 1 amide bonds. The predicted octanol–water partition coefficient (Wildman–Crippen LogP) is 1.74. The number of benzene rings is 1. The van der Waals surface area contributed by atoms with Crippen LogP contribution >= 0.6 is 0 Å². The summed E-state index contributed by atoms with van der Waals surface area (Å²) in [4.78, 5) is 12.2. The summed E-state index contributed by atoms with van der Waals surface area (Å²) in [5.41, 5.74) is 21.2. The van der Waals surface area contributed by atoms with E-state index >= 15 is 0 Å². The molecule has 1 rings (SSSR count). The summed E-state index contributed by atoms with van der Waals surface area (Å²) in [6.45, 7) is 6.37. The van der Waals surface area contributed by atoms with Crippen LogP contribution in [0.15, 0.2) is 52.7 Å². The van der Waals surface area contributed by atoms with Crippen molar-refractivity contribution in [1.29, 1.82) is 0 Å². The molecule has 0 aromatic heterocycles. The van der Waals surface area contributed by atoms with Crippen molar-refractivity contribution in [2.24, 2.45) is 28.3 Å². The van der Waals surface area contributed by atoms with Crippen molar-refractivity contribution in [3.8, 4) is 0 Å². The molecule has 0 aliphatic rings. The van der Waals surface area contributed by atoms with Gasteiger partial charge in [-0.25, -0.2) is 11.4 Å². The third-order valence-corrected chi connectivity index (χ3v) is 4.01. The van der Waals surface area contributed by atoms with Crippen LogP contribution in [0.4, 0.5) is 0 Å². The second kappa shape index (κ2) is 13.1. The molecule has 8 heteroatoms. The molecular weight excluding hydrogens is 366 g/mol. The molecule has 158 valence electrons. The zero-order valence-electron chi connectivity index (χ0n) is 17.5. The number of carbonyl (C=O) groups excluding carboxylic acids is 1. The van der Waals surface area contributed by atoms with Gasteiger partial charge >= 0.3 is 0 Å². The van der Waals surface area contributed by atoms with Gasteiger partial charge in [-0.05, 0) is 41.8 Å². The molecule has 1 atom stereocenters. The summed E-state index contributed by atoms with van der Waals surface area (Å²) < 4.78 is 0. The first kappa shape index (κ1) is 23.9. The minimum absolute atomic E-state index is 0.0267. The SMILES string of the molecule is CCCC[C@@H](NC(N)=C=C=CC(C)C)c1ccc(C(=O)NC/C(N)=N/NN)cc1. The molecule has 0 fully saturated rings. The first-order chi connectivity index (χ1) is 13.9. The quantitative estimate of drug-likeness (QED) is 0.110. The summed E-state index contributed by atoms with van der Waals surface area (Å²) in [5, 5.41) is 9.56. The number of hydrogen-bond donors (Lipinski definition) is 6. The molecule has 8 nitrogen and oxygen atoms in total. The van der Waals surface area contributed by atoms with E-state index in [1.807, 2.05) is 18.2 Å². The van der Waals surface area contributed by atoms with Crippen LogP contribution in [-0.2, 0) is 0 Å². The van der Waals surface area contributed by atoms with E-state index in [-0.39, 0.29) is 24.3 Å². The highest BCUT2D eigenvalue weighted by Gasteiger charge is 2.13. The normalized spacial score (nSPS) is 11.8. The number of carbonyl (C=O) groups is 1. The van der Waals surface area contributed by atoms with Gasteiger partial charge in [0, 0.05) is 5.56 Å². The number of unbranched alkanes of at least 4 members (excludes halogenated alkanes) is 1. The lowest BCUT2D eigenvalue weighted by Crippen LogP contribution is -2.35. The molecule has 0 unspecified atom stereocenters. The van der Waals surface area contributed by atoms with E-state index in [4.69, 9.17) is 17.3 Å². The largest absolute Gasteiger partial charge is 0.384 e. The first-order valence-corrected chi connectivity index (χ1v) is 9.77. The molecule has 0 bridgehead atoms. The maximum Gasteiger partial charge on any atom is 0.251 e. The Bertz CT molecular complexity index is 771. The Morgan fingerprint density at radius 3 is 2.52 bits per heavy atom. The molecule has 0 aliphatic heterocycles. The molecule has 9 N–H and O–H groups in total. The highest BCUT2D eigenvalue weighted by Crippen LogP contribution is 2.20. The average molecular weight is 400 g/mol. The Hall–Kier alpha value is -3.18. The van der Waals surface area contributed by atoms with Gasteiger partial charge < -0.3 is 22.1 Å². The zero-order valence-corrected chi connectivity index (χ0v) is 17.5. The summed E-state index contributed by atoms with van der Waals surface area (Å²) in [6.07, 6.45) is 4.94. The summed E-state index contributed by atoms with van der Waals surface area (Å²) >= 11 is 0. The summed E-state index contributed by atoms with van der Waals surface area (Å²) in [6, 6.07) is 7.41. The maximum atomic E-state index is 12.2. The lowest BCUT2D eigenvalue weighted by atomic mass is 9.99. The van der Waals surface area contributed by atoms with Gasteiger partial charge in [0.1, 0.15) is 11.7 Å². The van der Waals surface area contributed by atoms with Crippen LogP contribution in [-0.4, -0.2) is 18.3 Å². The number of rotatable bonds is 11. The number of amides is 1. The topological polar surface area (TPSA) is 144 Å². The Balaban J connectivity index is 2.89. The second-order valence-electron chi connectivity index (χ2n) is 6.97. The van der Waals surface area contributed by atoms with Crippen LogP contribution < -0.4 is 33.5 Å². The highest BCUT2D eigenvalue weighted by atomic mass is 16.1. The van der Waals surface area contributed by atoms with Crippen LogP contribution in [0.5, 0.6) is 0 Å². The van der Waals surface area contributed by atoms with E-state index in [2.05, 4.69) is 53.5 Å². The molecule has 0 radical (unpaired) electrons. The van der Waals surface area contributed by atoms with Crippen LogP contribution in [0.3, 0.4) is 0 Å². The average Bonchev–Trinajstić information content (AvgIpc) is 2.69. The van der Waals surface area contributed by atoms with E-state index in [1.165, 1.54) is 0 Å². The Kier molecular flexibility index (Phi) is 10.8. The van der Waals surface area contributed by atoms with E-state index in [9.17, 15) is 4.79 Å². The van der Waals surface area contributed by atoms with Crippen LogP contribution in [0.2, 0.25) is 0 Å². The van der Waals surface area contributed by atoms with Gasteiger partial charge in [-0.2, -0.15) is 5.10 Å². The van der Waals surface area contributed by atoms with Gasteiger partial charge in [-0.3, -0.25) is 4.79 Å². The van der Waals surface area contributed by atoms with Gasteiger partial charge in [0.25, 0.3) is 5.91 Å². The lowest BCUT2D eigenvalue weighted by molar-refractivity contribution is 0.0959. The van der Waals surface area contributed by atoms with Gasteiger partial charge in [0.15, 0.2) is 0 Å². The van der Waals surface area contributed by atoms with Crippen LogP contribution in [0.25, 0.3) is 0 Å². The van der Waals surface area contributed by atoms with E-state index in [0.717, 1.165) is 24.8 Å². The molecule has 29 heavy (non-hydrogen) atoms. The Labute approximate surface area is 173 Å². The molecule has 0 saturated carbocycles. The minimum atomic E-state index is -0.244. The number of hydrogen-bond acceptors (Lipinski definition) is 6. The van der Waals surface area contributed by atoms with Crippen LogP contribution in [0.1, 0.15) is 62.0 Å². The third-order valence-electron chi connectivity index (χ3n) is 4.01. The molecule has 0 aliphatic carbocycles. The fourth-order valence-corrected chi connectivity index (χ4v) is 2.50. The van der Waals surface area contributed by atoms with Gasteiger partial charge in [0.2, 0.25) is 0 Å². The maximum absolute atomic E-state index is 12.2. The standard InChI is InChI=1S/C21H33N7O/c1-4-5-8-18(26-19(22)9-6-7-15(2)3)16-10-12-17(13-11-16)21(29)25-14-20(23)27-28-24/h7,10-13,15,18,26,28H,4-5,8,14,22,24H2,1-3H3,(H2,23,27)(H,25,29)/t18-/m1/s1. The summed E-state index contributed by atoms with van der Waals surface area (Å²) in [7, 11) is 0. The van der Waals surface area contributed by atoms with Crippen molar-refractivity contribution in [2.75, 3.05) is 6.54 Å². The fourth-order valence-electron chi connectivity index (χ4n) is 2.50. The zero-order chi connectivity index (χ0) is 21.6. The predicted molar refractivity (Wildman–Crippen MR) is 117 cm³/mol. The van der Waals surface area contributed by atoms with E-state index in [1.54, 1.807) is 12.1 Å². The molecule has 1 aromatic carbocycles. The van der Waals surface area contributed by atoms with E-state index < -0.39 is 0 Å². The Morgan fingerprint density at radius 1 is 1.24 bits per heavy atom. The van der Waals surface area contributed by atoms with Crippen molar-refractivity contribution in [3.63, 3.8) is 0 Å². The number of amidine groups is 1. The number of nitrogens with zero attached hydrogens (tertiary/aromatic N) is 1. The number of hydrazine groups is 1. The molecule has 0 saturated heterocycles. The number of allylic oxidation sites excluding steroid dienone is 1. The van der Waals surface area contributed by atoms with Crippen LogP contribution in [0, 0.1) is 5.92 Å². The van der Waals surface area contributed by atoms with Gasteiger partial charge in [-0.1, -0.05) is 51.5 Å². The smallest absolute Gasteiger partial charge is 0.251 e. The number of nitrogens with one attached hydrogen (secondary N) is 3. The van der Waals surface area contributed by atoms with Gasteiger partial charge in [-0.15, -0.1) is 0 Å². The number of nitrogens with two attached hydrogens (primary N) is 3. The first-order valence-electron chi connectivity index (χ1n) is 9.77. The molecule has 0 spiro atoms. The third kappa shape index (κ3) is 9.53. The van der Waals surface area contributed by atoms with Crippen molar-refractivity contribution >= 4 is 11.7 Å². The summed E-state index contributed by atoms with van der Waals surface area (Å²) in [5.74, 6) is 5.81. The lowest BCUT2D eigenvalue weighted by Gasteiger charge is -2.19. The monoisotopic (exact) mass is 399 g/mol.